The molecule has 4 heterocycles. The molecule has 1 amide bonds. The highest BCUT2D eigenvalue weighted by Crippen LogP contribution is 2.35. The highest BCUT2D eigenvalue weighted by Gasteiger charge is 2.33. The Hall–Kier alpha value is -2.19. The molecule has 2 aromatic heterocycles. The van der Waals surface area contributed by atoms with Crippen molar-refractivity contribution in [1.82, 2.24) is 14.3 Å². The van der Waals surface area contributed by atoms with Crippen molar-refractivity contribution in [2.45, 2.75) is 72.6 Å². The average Bonchev–Trinajstić information content (AvgIpc) is 3.09. The van der Waals surface area contributed by atoms with Crippen molar-refractivity contribution in [2.75, 3.05) is 24.5 Å². The first-order valence-electron chi connectivity index (χ1n) is 13.3. The molecule has 0 aliphatic carbocycles. The number of nitrogens with zero attached hydrogens (tertiary/aromatic N) is 4. The van der Waals surface area contributed by atoms with Gasteiger partial charge in [-0.2, -0.15) is 0 Å². The smallest absolute Gasteiger partial charge is 0.267 e. The molecule has 2 aliphatic rings. The molecule has 0 saturated carbocycles. The van der Waals surface area contributed by atoms with E-state index in [1.165, 1.54) is 37.4 Å². The van der Waals surface area contributed by atoms with E-state index in [0.29, 0.717) is 44.6 Å². The van der Waals surface area contributed by atoms with Gasteiger partial charge in [0.25, 0.3) is 11.5 Å². The van der Waals surface area contributed by atoms with Crippen LogP contribution in [0.5, 0.6) is 0 Å². The zero-order valence-corrected chi connectivity index (χ0v) is 23.6. The average molecular weight is 527 g/mol. The van der Waals surface area contributed by atoms with Crippen LogP contribution in [-0.4, -0.2) is 44.1 Å². The minimum atomic E-state index is -0.147. The number of pyridine rings is 1. The van der Waals surface area contributed by atoms with Gasteiger partial charge in [0.15, 0.2) is 0 Å². The van der Waals surface area contributed by atoms with E-state index < -0.39 is 0 Å². The number of fused-ring (bicyclic) bond motifs is 1. The van der Waals surface area contributed by atoms with Gasteiger partial charge in [0.1, 0.15) is 15.8 Å². The molecule has 0 N–H and O–H groups in total. The monoisotopic (exact) mass is 526 g/mol. The molecule has 194 valence electrons. The Bertz CT molecular complexity index is 1210. The lowest BCUT2D eigenvalue weighted by atomic mass is 9.91. The molecule has 0 unspecified atom stereocenters. The SMILES string of the molecule is CCCCCCCCN1C(=O)/C(=C\c2c(N3C[C@H](C)C[C@H](C)C3)nc3ccc(C)cn3c2=O)SC1=S. The molecule has 0 bridgehead atoms. The lowest BCUT2D eigenvalue weighted by molar-refractivity contribution is -0.122. The molecular formula is C28H38N4O2S2. The van der Waals surface area contributed by atoms with Crippen molar-refractivity contribution in [3.63, 3.8) is 0 Å². The van der Waals surface area contributed by atoms with E-state index in [0.717, 1.165) is 37.9 Å². The standard InChI is InChI=1S/C28H38N4O2S2/c1-5-6-7-8-9-10-13-31-27(34)23(36-28(31)35)15-22-25(30-16-20(3)14-21(4)17-30)29-24-12-11-19(2)18-32(24)26(22)33/h11-12,15,18,20-21H,5-10,13-14,16-17H2,1-4H3/b23-15+/t20-,21+. The zero-order valence-electron chi connectivity index (χ0n) is 22.0. The topological polar surface area (TPSA) is 57.9 Å². The summed E-state index contributed by atoms with van der Waals surface area (Å²) in [5, 5.41) is 0. The quantitative estimate of drug-likeness (QED) is 0.225. The second-order valence-electron chi connectivity index (χ2n) is 10.5. The number of thiocarbonyl (C=S) groups is 1. The van der Waals surface area contributed by atoms with Crippen LogP contribution in [0.15, 0.2) is 28.0 Å². The fraction of sp³-hybridized carbons (Fsp3) is 0.571. The molecule has 2 saturated heterocycles. The van der Waals surface area contributed by atoms with Crippen LogP contribution in [0.2, 0.25) is 0 Å². The molecule has 0 spiro atoms. The highest BCUT2D eigenvalue weighted by atomic mass is 32.2. The molecule has 0 aromatic carbocycles. The molecular weight excluding hydrogens is 488 g/mol. The number of amides is 1. The van der Waals surface area contributed by atoms with Gasteiger partial charge >= 0.3 is 0 Å². The van der Waals surface area contributed by atoms with Crippen LogP contribution < -0.4 is 10.5 Å². The van der Waals surface area contributed by atoms with E-state index in [1.807, 2.05) is 25.3 Å². The summed E-state index contributed by atoms with van der Waals surface area (Å²) < 4.78 is 2.17. The maximum atomic E-state index is 13.7. The van der Waals surface area contributed by atoms with Crippen molar-refractivity contribution in [2.24, 2.45) is 11.8 Å². The first kappa shape index (κ1) is 26.9. The summed E-state index contributed by atoms with van der Waals surface area (Å²) >= 11 is 6.86. The first-order chi connectivity index (χ1) is 17.3. The third kappa shape index (κ3) is 6.02. The number of aromatic nitrogens is 2. The molecule has 2 aliphatic heterocycles. The van der Waals surface area contributed by atoms with Gasteiger partial charge in [0.2, 0.25) is 0 Å². The largest absolute Gasteiger partial charge is 0.355 e. The third-order valence-electron chi connectivity index (χ3n) is 7.04. The Morgan fingerprint density at radius 3 is 2.50 bits per heavy atom. The zero-order chi connectivity index (χ0) is 25.8. The number of thioether (sulfide) groups is 1. The molecule has 0 radical (unpaired) electrons. The molecule has 6 nitrogen and oxygen atoms in total. The normalized spacial score (nSPS) is 21.8. The predicted octanol–water partition coefficient (Wildman–Crippen LogP) is 6.05. The van der Waals surface area contributed by atoms with Crippen molar-refractivity contribution in [3.8, 4) is 0 Å². The summed E-state index contributed by atoms with van der Waals surface area (Å²) in [5.41, 5.74) is 1.93. The number of hydrogen-bond acceptors (Lipinski definition) is 6. The van der Waals surface area contributed by atoms with Gasteiger partial charge in [-0.25, -0.2) is 4.98 Å². The van der Waals surface area contributed by atoms with E-state index in [4.69, 9.17) is 17.2 Å². The lowest BCUT2D eigenvalue weighted by Crippen LogP contribution is -2.40. The number of hydrogen-bond donors (Lipinski definition) is 0. The van der Waals surface area contributed by atoms with E-state index in [1.54, 1.807) is 15.4 Å². The van der Waals surface area contributed by atoms with E-state index in [2.05, 4.69) is 25.7 Å². The fourth-order valence-electron chi connectivity index (χ4n) is 5.32. The second kappa shape index (κ2) is 11.9. The maximum absolute atomic E-state index is 13.7. The van der Waals surface area contributed by atoms with Gasteiger partial charge in [-0.15, -0.1) is 0 Å². The molecule has 8 heteroatoms. The number of carbonyl (C=O) groups is 1. The molecule has 2 aromatic rings. The molecule has 2 fully saturated rings. The number of anilines is 1. The number of rotatable bonds is 9. The summed E-state index contributed by atoms with van der Waals surface area (Å²) in [6.07, 6.45) is 11.7. The van der Waals surface area contributed by atoms with Gasteiger partial charge in [0, 0.05) is 25.8 Å². The first-order valence-corrected chi connectivity index (χ1v) is 14.5. The minimum Gasteiger partial charge on any atom is -0.355 e. The fourth-order valence-corrected chi connectivity index (χ4v) is 6.61. The van der Waals surface area contributed by atoms with Crippen molar-refractivity contribution in [1.29, 1.82) is 0 Å². The predicted molar refractivity (Wildman–Crippen MR) is 155 cm³/mol. The summed E-state index contributed by atoms with van der Waals surface area (Å²) in [6, 6.07) is 3.86. The van der Waals surface area contributed by atoms with Crippen molar-refractivity contribution < 1.29 is 4.79 Å². The van der Waals surface area contributed by atoms with Crippen LogP contribution in [0.1, 0.15) is 76.8 Å². The summed E-state index contributed by atoms with van der Waals surface area (Å²) in [5.74, 6) is 1.59. The number of unbranched alkanes of at least 4 members (excludes halogenated alkanes) is 5. The Morgan fingerprint density at radius 1 is 1.08 bits per heavy atom. The minimum absolute atomic E-state index is 0.0985. The Balaban J connectivity index is 1.66. The van der Waals surface area contributed by atoms with E-state index >= 15 is 0 Å². The maximum Gasteiger partial charge on any atom is 0.267 e. The number of aryl methyl sites for hydroxylation is 1. The van der Waals surface area contributed by atoms with Crippen LogP contribution in [0, 0.1) is 18.8 Å². The highest BCUT2D eigenvalue weighted by molar-refractivity contribution is 8.26. The van der Waals surface area contributed by atoms with Gasteiger partial charge < -0.3 is 4.90 Å². The van der Waals surface area contributed by atoms with Crippen LogP contribution in [0.4, 0.5) is 5.82 Å². The van der Waals surface area contributed by atoms with Crippen LogP contribution in [-0.2, 0) is 4.79 Å². The van der Waals surface area contributed by atoms with Gasteiger partial charge in [-0.05, 0) is 49.3 Å². The second-order valence-corrected chi connectivity index (χ2v) is 12.2. The molecule has 36 heavy (non-hydrogen) atoms. The Kier molecular flexibility index (Phi) is 8.88. The van der Waals surface area contributed by atoms with Crippen LogP contribution in [0.25, 0.3) is 11.7 Å². The Labute approximate surface area is 224 Å². The van der Waals surface area contributed by atoms with Gasteiger partial charge in [0.05, 0.1) is 10.5 Å². The molecule has 2 atom stereocenters. The van der Waals surface area contributed by atoms with Gasteiger partial charge in [-0.3, -0.25) is 18.9 Å². The van der Waals surface area contributed by atoms with E-state index in [-0.39, 0.29) is 11.5 Å². The van der Waals surface area contributed by atoms with Crippen LogP contribution >= 0.6 is 24.0 Å². The third-order valence-corrected chi connectivity index (χ3v) is 8.42. The van der Waals surface area contributed by atoms with Crippen molar-refractivity contribution >= 4 is 51.7 Å². The number of piperidine rings is 1. The molecule has 4 rings (SSSR count). The summed E-state index contributed by atoms with van der Waals surface area (Å²) in [4.78, 5) is 36.4. The van der Waals surface area contributed by atoms with Crippen molar-refractivity contribution in [3.05, 3.63) is 44.7 Å². The van der Waals surface area contributed by atoms with Gasteiger partial charge in [-0.1, -0.05) is 82.9 Å². The lowest BCUT2D eigenvalue weighted by Gasteiger charge is -2.36. The van der Waals surface area contributed by atoms with E-state index in [9.17, 15) is 9.59 Å². The van der Waals surface area contributed by atoms with Crippen LogP contribution in [0.3, 0.4) is 0 Å². The Morgan fingerprint density at radius 2 is 1.78 bits per heavy atom. The number of carbonyl (C=O) groups excluding carboxylic acids is 1. The summed E-state index contributed by atoms with van der Waals surface area (Å²) in [7, 11) is 0. The summed E-state index contributed by atoms with van der Waals surface area (Å²) in [6.45, 7) is 11.0.